The summed E-state index contributed by atoms with van der Waals surface area (Å²) in [6.45, 7) is 0. The number of nitrogens with zero attached hydrogens (tertiary/aromatic N) is 3. The Morgan fingerprint density at radius 3 is 2.50 bits per heavy atom. The fourth-order valence-electron chi connectivity index (χ4n) is 3.39. The van der Waals surface area contributed by atoms with Crippen LogP contribution in [-0.2, 0) is 9.59 Å². The maximum atomic E-state index is 13.5. The fraction of sp³-hybridized carbons (Fsp3) is 0.130. The van der Waals surface area contributed by atoms with E-state index in [4.69, 9.17) is 40.2 Å². The van der Waals surface area contributed by atoms with Crippen molar-refractivity contribution in [1.82, 2.24) is 9.99 Å². The minimum Gasteiger partial charge on any atom is -0.497 e. The molecule has 1 fully saturated rings. The molecule has 1 unspecified atom stereocenters. The van der Waals surface area contributed by atoms with E-state index in [9.17, 15) is 9.59 Å². The summed E-state index contributed by atoms with van der Waals surface area (Å²) in [6, 6.07) is 16.4. The van der Waals surface area contributed by atoms with Crippen LogP contribution >= 0.6 is 35.4 Å². The lowest BCUT2D eigenvalue weighted by atomic mass is 10.1. The second-order valence-electron chi connectivity index (χ2n) is 7.25. The minimum atomic E-state index is -0.952. The molecule has 174 valence electrons. The van der Waals surface area contributed by atoms with Crippen LogP contribution in [0.1, 0.15) is 6.42 Å². The third kappa shape index (κ3) is 5.06. The van der Waals surface area contributed by atoms with Crippen LogP contribution in [0.25, 0.3) is 0 Å². The lowest BCUT2D eigenvalue weighted by molar-refractivity contribution is -0.124. The van der Waals surface area contributed by atoms with Gasteiger partial charge in [0.15, 0.2) is 5.82 Å². The highest BCUT2D eigenvalue weighted by molar-refractivity contribution is 7.80. The Labute approximate surface area is 211 Å². The summed E-state index contributed by atoms with van der Waals surface area (Å²) < 4.78 is 5.19. The van der Waals surface area contributed by atoms with Gasteiger partial charge < -0.3 is 10.1 Å². The molecule has 1 aliphatic heterocycles. The van der Waals surface area contributed by atoms with Gasteiger partial charge in [0, 0.05) is 11.9 Å². The van der Waals surface area contributed by atoms with Gasteiger partial charge in [-0.1, -0.05) is 41.4 Å². The molecule has 1 saturated heterocycles. The lowest BCUT2D eigenvalue weighted by Crippen LogP contribution is -2.42. The Morgan fingerprint density at radius 2 is 1.85 bits per heavy atom. The molecular weight excluding hydrogens is 497 g/mol. The number of rotatable bonds is 7. The number of thiocarbonyl (C=S) groups is 1. The molecule has 0 bridgehead atoms. The molecule has 11 heteroatoms. The number of hydrogen-bond donors (Lipinski definition) is 2. The Balaban J connectivity index is 1.63. The first kappa shape index (κ1) is 23.7. The van der Waals surface area contributed by atoms with Crippen molar-refractivity contribution in [2.24, 2.45) is 0 Å². The van der Waals surface area contributed by atoms with Crippen molar-refractivity contribution in [3.05, 3.63) is 76.9 Å². The van der Waals surface area contributed by atoms with Crippen LogP contribution in [0, 0.1) is 0 Å². The molecular formula is C23H19Cl2N5O3S. The van der Waals surface area contributed by atoms with E-state index in [1.165, 1.54) is 22.2 Å². The molecule has 0 saturated carbocycles. The average Bonchev–Trinajstić information content (AvgIpc) is 3.05. The molecule has 34 heavy (non-hydrogen) atoms. The number of pyridine rings is 1. The summed E-state index contributed by atoms with van der Waals surface area (Å²) in [6.07, 6.45) is 1.24. The zero-order valence-corrected chi connectivity index (χ0v) is 20.2. The predicted molar refractivity (Wildman–Crippen MR) is 136 cm³/mol. The molecule has 0 radical (unpaired) electrons. The number of carbonyl (C=O) groups excluding carboxylic acids is 2. The Hall–Kier alpha value is -3.40. The van der Waals surface area contributed by atoms with Crippen LogP contribution in [0.5, 0.6) is 5.75 Å². The number of hydrogen-bond acceptors (Lipinski definition) is 6. The highest BCUT2D eigenvalue weighted by Crippen LogP contribution is 2.31. The SMILES string of the molecule is COc1ccc(N2C(=O)C(CC(=O)Nc3ccccc3)N(Nc3ncc(Cl)cc3Cl)C2=S)cc1. The molecule has 1 aromatic heterocycles. The first-order valence-electron chi connectivity index (χ1n) is 10.1. The topological polar surface area (TPSA) is 86.8 Å². The first-order chi connectivity index (χ1) is 16.4. The Kier molecular flexibility index (Phi) is 7.16. The number of hydrazine groups is 1. The molecule has 3 aromatic rings. The van der Waals surface area contributed by atoms with E-state index in [0.29, 0.717) is 22.1 Å². The molecule has 1 aliphatic rings. The van der Waals surface area contributed by atoms with Gasteiger partial charge in [0.2, 0.25) is 11.0 Å². The predicted octanol–water partition coefficient (Wildman–Crippen LogP) is 4.76. The van der Waals surface area contributed by atoms with Crippen LogP contribution in [0.15, 0.2) is 66.9 Å². The number of anilines is 3. The van der Waals surface area contributed by atoms with Crippen LogP contribution in [0.3, 0.4) is 0 Å². The zero-order chi connectivity index (χ0) is 24.2. The van der Waals surface area contributed by atoms with E-state index in [-0.39, 0.29) is 34.2 Å². The summed E-state index contributed by atoms with van der Waals surface area (Å²) >= 11 is 17.8. The fourth-order valence-corrected chi connectivity index (χ4v) is 4.18. The summed E-state index contributed by atoms with van der Waals surface area (Å²) in [5.74, 6) is 0.139. The second-order valence-corrected chi connectivity index (χ2v) is 8.46. The number of benzene rings is 2. The van der Waals surface area contributed by atoms with E-state index in [0.717, 1.165) is 0 Å². The van der Waals surface area contributed by atoms with Crippen molar-refractivity contribution in [2.75, 3.05) is 22.8 Å². The number of nitrogens with one attached hydrogen (secondary N) is 2. The molecule has 2 aromatic carbocycles. The van der Waals surface area contributed by atoms with E-state index >= 15 is 0 Å². The van der Waals surface area contributed by atoms with E-state index in [1.54, 1.807) is 55.6 Å². The second kappa shape index (κ2) is 10.3. The van der Waals surface area contributed by atoms with Crippen LogP contribution in [0.4, 0.5) is 17.2 Å². The van der Waals surface area contributed by atoms with Gasteiger partial charge in [-0.15, -0.1) is 0 Å². The third-order valence-electron chi connectivity index (χ3n) is 5.02. The molecule has 0 spiro atoms. The normalized spacial score (nSPS) is 15.4. The van der Waals surface area contributed by atoms with Crippen molar-refractivity contribution in [1.29, 1.82) is 0 Å². The number of carbonyl (C=O) groups is 2. The number of para-hydroxylation sites is 1. The van der Waals surface area contributed by atoms with Crippen molar-refractivity contribution in [2.45, 2.75) is 12.5 Å². The summed E-state index contributed by atoms with van der Waals surface area (Å²) in [5, 5.41) is 4.93. The standard InChI is InChI=1S/C23H19Cl2N5O3S/c1-33-17-9-7-16(8-10-17)29-22(32)19(12-20(31)27-15-5-3-2-4-6-15)30(23(29)34)28-21-18(25)11-14(24)13-26-21/h2-11,13,19H,12H2,1H3,(H,26,28)(H,27,31). The van der Waals surface area contributed by atoms with Crippen LogP contribution < -0.4 is 20.4 Å². The molecule has 8 nitrogen and oxygen atoms in total. The van der Waals surface area contributed by atoms with Crippen LogP contribution in [-0.4, -0.2) is 40.1 Å². The van der Waals surface area contributed by atoms with Crippen molar-refractivity contribution >= 4 is 69.5 Å². The van der Waals surface area contributed by atoms with Gasteiger partial charge in [0.05, 0.1) is 29.3 Å². The minimum absolute atomic E-state index is 0.139. The first-order valence-corrected chi connectivity index (χ1v) is 11.3. The molecule has 0 aliphatic carbocycles. The number of aromatic nitrogens is 1. The summed E-state index contributed by atoms with van der Waals surface area (Å²) in [4.78, 5) is 31.8. The molecule has 1 atom stereocenters. The van der Waals surface area contributed by atoms with Gasteiger partial charge >= 0.3 is 0 Å². The molecule has 2 N–H and O–H groups in total. The lowest BCUT2D eigenvalue weighted by Gasteiger charge is -2.25. The Bertz CT molecular complexity index is 1230. The van der Waals surface area contributed by atoms with Crippen molar-refractivity contribution < 1.29 is 14.3 Å². The number of halogens is 2. The summed E-state index contributed by atoms with van der Waals surface area (Å²) in [7, 11) is 1.55. The monoisotopic (exact) mass is 515 g/mol. The number of ether oxygens (including phenoxy) is 1. The third-order valence-corrected chi connectivity index (χ3v) is 5.89. The number of amides is 2. The van der Waals surface area contributed by atoms with E-state index in [2.05, 4.69) is 15.7 Å². The maximum absolute atomic E-state index is 13.5. The van der Waals surface area contributed by atoms with Gasteiger partial charge in [-0.2, -0.15) is 0 Å². The van der Waals surface area contributed by atoms with E-state index < -0.39 is 6.04 Å². The maximum Gasteiger partial charge on any atom is 0.258 e. The zero-order valence-electron chi connectivity index (χ0n) is 17.9. The average molecular weight is 516 g/mol. The van der Waals surface area contributed by atoms with Gasteiger partial charge in [-0.05, 0) is 54.7 Å². The largest absolute Gasteiger partial charge is 0.497 e. The smallest absolute Gasteiger partial charge is 0.258 e. The van der Waals surface area contributed by atoms with E-state index in [1.807, 2.05) is 6.07 Å². The van der Waals surface area contributed by atoms with Gasteiger partial charge in [-0.3, -0.25) is 19.9 Å². The van der Waals surface area contributed by atoms with Crippen molar-refractivity contribution in [3.8, 4) is 5.75 Å². The highest BCUT2D eigenvalue weighted by Gasteiger charge is 2.45. The van der Waals surface area contributed by atoms with Gasteiger partial charge in [0.25, 0.3) is 5.91 Å². The number of methoxy groups -OCH3 is 1. The molecule has 2 heterocycles. The molecule has 4 rings (SSSR count). The van der Waals surface area contributed by atoms with Gasteiger partial charge in [0.1, 0.15) is 11.8 Å². The van der Waals surface area contributed by atoms with Crippen LogP contribution in [0.2, 0.25) is 10.0 Å². The summed E-state index contributed by atoms with van der Waals surface area (Å²) in [5.41, 5.74) is 4.13. The van der Waals surface area contributed by atoms with Gasteiger partial charge in [-0.25, -0.2) is 9.99 Å². The highest BCUT2D eigenvalue weighted by atomic mass is 35.5. The van der Waals surface area contributed by atoms with Crippen molar-refractivity contribution in [3.63, 3.8) is 0 Å². The Morgan fingerprint density at radius 1 is 1.15 bits per heavy atom. The molecule has 2 amide bonds. The quantitative estimate of drug-likeness (QED) is 0.438.